The first-order valence-corrected chi connectivity index (χ1v) is 5.14. The number of hydrogen-bond acceptors (Lipinski definition) is 1. The predicted octanol–water partition coefficient (Wildman–Crippen LogP) is 3.01. The van der Waals surface area contributed by atoms with Crippen LogP contribution < -0.4 is 5.32 Å². The van der Waals surface area contributed by atoms with Crippen molar-refractivity contribution in [3.63, 3.8) is 0 Å². The van der Waals surface area contributed by atoms with Crippen molar-refractivity contribution in [3.8, 4) is 0 Å². The Balaban J connectivity index is 2.20. The first-order valence-electron chi connectivity index (χ1n) is 4.76. The molecule has 1 aromatic rings. The lowest BCUT2D eigenvalue weighted by atomic mass is 9.96. The van der Waals surface area contributed by atoms with Crippen LogP contribution in [0, 0.1) is 5.92 Å². The van der Waals surface area contributed by atoms with Crippen LogP contribution >= 0.6 is 11.6 Å². The fourth-order valence-corrected chi connectivity index (χ4v) is 2.08. The van der Waals surface area contributed by atoms with Gasteiger partial charge in [-0.1, -0.05) is 30.7 Å². The van der Waals surface area contributed by atoms with Gasteiger partial charge in [-0.3, -0.25) is 0 Å². The smallest absolute Gasteiger partial charge is 0.0406 e. The summed E-state index contributed by atoms with van der Waals surface area (Å²) in [5.41, 5.74) is 1.36. The van der Waals surface area contributed by atoms with E-state index >= 15 is 0 Å². The van der Waals surface area contributed by atoms with E-state index in [0.717, 1.165) is 17.5 Å². The summed E-state index contributed by atoms with van der Waals surface area (Å²) in [6.45, 7) is 3.42. The van der Waals surface area contributed by atoms with Crippen LogP contribution in [0.4, 0.5) is 0 Å². The average Bonchev–Trinajstić information content (AvgIpc) is 2.53. The third-order valence-electron chi connectivity index (χ3n) is 2.76. The number of benzene rings is 1. The minimum Gasteiger partial charge on any atom is -0.310 e. The summed E-state index contributed by atoms with van der Waals surface area (Å²) in [5.74, 6) is 0.737. The first kappa shape index (κ1) is 9.04. The first-order chi connectivity index (χ1) is 6.27. The largest absolute Gasteiger partial charge is 0.310 e. The SMILES string of the molecule is C[C@@H]1CCN[C@H]1c1ccc(Cl)cc1. The van der Waals surface area contributed by atoms with Crippen LogP contribution in [-0.2, 0) is 0 Å². The summed E-state index contributed by atoms with van der Waals surface area (Å²) in [4.78, 5) is 0. The average molecular weight is 196 g/mol. The highest BCUT2D eigenvalue weighted by Gasteiger charge is 2.23. The molecule has 0 aromatic heterocycles. The molecule has 0 aliphatic carbocycles. The summed E-state index contributed by atoms with van der Waals surface area (Å²) in [7, 11) is 0. The third-order valence-corrected chi connectivity index (χ3v) is 3.01. The lowest BCUT2D eigenvalue weighted by Gasteiger charge is -2.15. The van der Waals surface area contributed by atoms with E-state index in [9.17, 15) is 0 Å². The normalized spacial score (nSPS) is 27.8. The molecule has 0 bridgehead atoms. The van der Waals surface area contributed by atoms with Gasteiger partial charge in [0.1, 0.15) is 0 Å². The van der Waals surface area contributed by atoms with E-state index < -0.39 is 0 Å². The van der Waals surface area contributed by atoms with Crippen LogP contribution in [0.5, 0.6) is 0 Å². The van der Waals surface area contributed by atoms with Crippen LogP contribution in [0.15, 0.2) is 24.3 Å². The molecular formula is C11H14ClN. The van der Waals surface area contributed by atoms with Crippen LogP contribution in [0.2, 0.25) is 5.02 Å². The Morgan fingerprint density at radius 3 is 2.54 bits per heavy atom. The molecule has 1 N–H and O–H groups in total. The van der Waals surface area contributed by atoms with Crippen LogP contribution in [0.1, 0.15) is 24.9 Å². The van der Waals surface area contributed by atoms with Crippen molar-refractivity contribution in [3.05, 3.63) is 34.9 Å². The Hall–Kier alpha value is -0.530. The molecule has 1 heterocycles. The summed E-state index contributed by atoms with van der Waals surface area (Å²) in [6, 6.07) is 8.67. The van der Waals surface area contributed by atoms with E-state index in [1.807, 2.05) is 12.1 Å². The van der Waals surface area contributed by atoms with Crippen molar-refractivity contribution in [1.29, 1.82) is 0 Å². The maximum Gasteiger partial charge on any atom is 0.0406 e. The van der Waals surface area contributed by atoms with Gasteiger partial charge in [-0.2, -0.15) is 0 Å². The summed E-state index contributed by atoms with van der Waals surface area (Å²) >= 11 is 5.83. The van der Waals surface area contributed by atoms with Crippen molar-refractivity contribution in [2.75, 3.05) is 6.54 Å². The van der Waals surface area contributed by atoms with Gasteiger partial charge in [-0.25, -0.2) is 0 Å². The summed E-state index contributed by atoms with van der Waals surface area (Å²) in [6.07, 6.45) is 1.27. The van der Waals surface area contributed by atoms with E-state index in [2.05, 4.69) is 24.4 Å². The van der Waals surface area contributed by atoms with Crippen molar-refractivity contribution >= 4 is 11.6 Å². The van der Waals surface area contributed by atoms with Crippen molar-refractivity contribution in [1.82, 2.24) is 5.32 Å². The second kappa shape index (κ2) is 3.69. The van der Waals surface area contributed by atoms with Gasteiger partial charge in [0, 0.05) is 11.1 Å². The standard InChI is InChI=1S/C11H14ClN/c1-8-6-7-13-11(8)9-2-4-10(12)5-3-9/h2-5,8,11,13H,6-7H2,1H3/t8-,11-/m1/s1. The molecule has 13 heavy (non-hydrogen) atoms. The molecule has 1 nitrogen and oxygen atoms in total. The molecule has 1 aliphatic heterocycles. The summed E-state index contributed by atoms with van der Waals surface area (Å²) in [5, 5.41) is 4.31. The zero-order valence-corrected chi connectivity index (χ0v) is 8.51. The van der Waals surface area contributed by atoms with E-state index in [1.165, 1.54) is 12.0 Å². The fourth-order valence-electron chi connectivity index (χ4n) is 1.95. The minimum absolute atomic E-state index is 0.525. The molecule has 0 spiro atoms. The van der Waals surface area contributed by atoms with Gasteiger partial charge in [0.15, 0.2) is 0 Å². The van der Waals surface area contributed by atoms with Gasteiger partial charge in [-0.05, 0) is 36.6 Å². The number of rotatable bonds is 1. The molecule has 0 radical (unpaired) electrons. The Morgan fingerprint density at radius 2 is 2.00 bits per heavy atom. The van der Waals surface area contributed by atoms with Crippen LogP contribution in [0.25, 0.3) is 0 Å². The highest BCUT2D eigenvalue weighted by molar-refractivity contribution is 6.30. The predicted molar refractivity (Wildman–Crippen MR) is 56.0 cm³/mol. The fraction of sp³-hybridized carbons (Fsp3) is 0.455. The monoisotopic (exact) mass is 195 g/mol. The Morgan fingerprint density at radius 1 is 1.31 bits per heavy atom. The molecule has 0 unspecified atom stereocenters. The quantitative estimate of drug-likeness (QED) is 0.727. The van der Waals surface area contributed by atoms with Gasteiger partial charge >= 0.3 is 0 Å². The Bertz CT molecular complexity index is 281. The van der Waals surface area contributed by atoms with Gasteiger partial charge in [0.05, 0.1) is 0 Å². The second-order valence-corrected chi connectivity index (χ2v) is 4.19. The number of hydrogen-bond donors (Lipinski definition) is 1. The van der Waals surface area contributed by atoms with Gasteiger partial charge in [0.25, 0.3) is 0 Å². The highest BCUT2D eigenvalue weighted by Crippen LogP contribution is 2.29. The maximum absolute atomic E-state index is 5.83. The zero-order valence-electron chi connectivity index (χ0n) is 7.76. The van der Waals surface area contributed by atoms with Crippen LogP contribution in [0.3, 0.4) is 0 Å². The molecule has 70 valence electrons. The number of halogens is 1. The Labute approximate surface area is 84.1 Å². The molecule has 0 amide bonds. The zero-order chi connectivity index (χ0) is 9.26. The molecule has 2 rings (SSSR count). The second-order valence-electron chi connectivity index (χ2n) is 3.75. The van der Waals surface area contributed by atoms with E-state index in [-0.39, 0.29) is 0 Å². The molecule has 2 atom stereocenters. The topological polar surface area (TPSA) is 12.0 Å². The lowest BCUT2D eigenvalue weighted by molar-refractivity contribution is 0.504. The van der Waals surface area contributed by atoms with Gasteiger partial charge in [-0.15, -0.1) is 0 Å². The minimum atomic E-state index is 0.525. The third kappa shape index (κ3) is 1.87. The number of nitrogens with one attached hydrogen (secondary N) is 1. The summed E-state index contributed by atoms with van der Waals surface area (Å²) < 4.78 is 0. The van der Waals surface area contributed by atoms with E-state index in [0.29, 0.717) is 6.04 Å². The van der Waals surface area contributed by atoms with Crippen LogP contribution in [-0.4, -0.2) is 6.54 Å². The molecule has 2 heteroatoms. The molecule has 1 aromatic carbocycles. The van der Waals surface area contributed by atoms with Gasteiger partial charge in [0.2, 0.25) is 0 Å². The molecular weight excluding hydrogens is 182 g/mol. The Kier molecular flexibility index (Phi) is 2.56. The highest BCUT2D eigenvalue weighted by atomic mass is 35.5. The van der Waals surface area contributed by atoms with E-state index in [4.69, 9.17) is 11.6 Å². The lowest BCUT2D eigenvalue weighted by Crippen LogP contribution is -2.16. The van der Waals surface area contributed by atoms with Crippen molar-refractivity contribution < 1.29 is 0 Å². The molecule has 0 saturated carbocycles. The van der Waals surface area contributed by atoms with Gasteiger partial charge < -0.3 is 5.32 Å². The molecule has 1 aliphatic rings. The van der Waals surface area contributed by atoms with E-state index in [1.54, 1.807) is 0 Å². The van der Waals surface area contributed by atoms with Crippen molar-refractivity contribution in [2.45, 2.75) is 19.4 Å². The molecule has 1 fully saturated rings. The molecule has 1 saturated heterocycles. The maximum atomic E-state index is 5.83. The van der Waals surface area contributed by atoms with Crippen molar-refractivity contribution in [2.24, 2.45) is 5.92 Å².